The van der Waals surface area contributed by atoms with E-state index in [1.54, 1.807) is 5.57 Å². The molecule has 0 bridgehead atoms. The van der Waals surface area contributed by atoms with Crippen LogP contribution in [0.25, 0.3) is 0 Å². The van der Waals surface area contributed by atoms with Crippen molar-refractivity contribution in [2.75, 3.05) is 0 Å². The van der Waals surface area contributed by atoms with Crippen LogP contribution in [0.5, 0.6) is 0 Å². The van der Waals surface area contributed by atoms with Gasteiger partial charge in [0.1, 0.15) is 0 Å². The first-order chi connectivity index (χ1) is 23.3. The van der Waals surface area contributed by atoms with Crippen LogP contribution >= 0.6 is 0 Å². The molecule has 3 nitrogen and oxygen atoms in total. The van der Waals surface area contributed by atoms with Gasteiger partial charge >= 0.3 is 6.18 Å². The minimum atomic E-state index is -4.39. The molecular formula is C43H69F3O3Si2. The highest BCUT2D eigenvalue weighted by Gasteiger charge is 2.50. The molecule has 0 aromatic heterocycles. The summed E-state index contributed by atoms with van der Waals surface area (Å²) < 4.78 is 53.0. The van der Waals surface area contributed by atoms with E-state index in [2.05, 4.69) is 93.7 Å². The lowest BCUT2D eigenvalue weighted by atomic mass is 9.60. The molecule has 0 N–H and O–H groups in total. The first-order valence-electron chi connectivity index (χ1n) is 19.8. The molecule has 4 rings (SSSR count). The molecule has 51 heavy (non-hydrogen) atoms. The maximum absolute atomic E-state index is 13.0. The minimum absolute atomic E-state index is 0.0704. The lowest BCUT2D eigenvalue weighted by Gasteiger charge is -2.45. The molecule has 3 aliphatic rings. The Hall–Kier alpha value is -1.49. The topological polar surface area (TPSA) is 35.5 Å². The molecule has 0 amide bonds. The predicted octanol–water partition coefficient (Wildman–Crippen LogP) is 13.7. The summed E-state index contributed by atoms with van der Waals surface area (Å²) in [5.41, 5.74) is 2.99. The summed E-state index contributed by atoms with van der Waals surface area (Å²) in [6.45, 7) is 28.3. The Bertz CT molecular complexity index is 1380. The molecule has 1 aromatic rings. The standard InChI is InChI=1S/C43H69F3O3Si2/c1-30(15-13-17-39(47)33-20-22-34(23-21-33)43(44,45)46)37-24-25-38-32(16-14-26-42(37,38)8)19-18-31-27-35(48-50(9,10)40(2,3)4)29-36(28-31)49-51(11,12)41(5,6)7/h18-23,30,35-38H,13-17,24-29H2,1-12H3/b32-19+/t30-,35-,36-,37-,38+,42-/m1/s1. The van der Waals surface area contributed by atoms with E-state index in [0.29, 0.717) is 29.7 Å². The van der Waals surface area contributed by atoms with Crippen molar-refractivity contribution in [2.45, 2.75) is 181 Å². The largest absolute Gasteiger partial charge is 0.416 e. The summed E-state index contributed by atoms with van der Waals surface area (Å²) in [5.74, 6) is 1.63. The Balaban J connectivity index is 1.44. The van der Waals surface area contributed by atoms with Gasteiger partial charge in [-0.25, -0.2) is 0 Å². The highest BCUT2D eigenvalue weighted by atomic mass is 28.4. The van der Waals surface area contributed by atoms with Gasteiger partial charge in [0.15, 0.2) is 22.4 Å². The maximum Gasteiger partial charge on any atom is 0.416 e. The number of carbonyl (C=O) groups excluding carboxylic acids is 1. The van der Waals surface area contributed by atoms with Crippen molar-refractivity contribution in [2.24, 2.45) is 23.2 Å². The Labute approximate surface area is 310 Å². The molecule has 0 saturated heterocycles. The van der Waals surface area contributed by atoms with Gasteiger partial charge in [-0.2, -0.15) is 13.2 Å². The number of alkyl halides is 3. The number of halogens is 3. The summed E-state index contributed by atoms with van der Waals surface area (Å²) in [6.07, 6.45) is 12.1. The third-order valence-corrected chi connectivity index (χ3v) is 23.0. The fourth-order valence-corrected chi connectivity index (χ4v) is 11.6. The van der Waals surface area contributed by atoms with Crippen molar-refractivity contribution >= 4 is 22.4 Å². The molecule has 3 saturated carbocycles. The Morgan fingerprint density at radius 3 is 1.96 bits per heavy atom. The number of carbonyl (C=O) groups is 1. The Morgan fingerprint density at radius 1 is 0.902 bits per heavy atom. The van der Waals surface area contributed by atoms with Gasteiger partial charge in [-0.1, -0.05) is 90.8 Å². The SMILES string of the molecule is C[C@H](CCCC(=O)c1ccc(C(F)(F)F)cc1)[C@H]1CC[C@H]2/C(=C/C=C3C[C@@H](O[Si](C)(C)C(C)(C)C)C[C@H](O[Si](C)(C)C(C)(C)C)C3)CCC[C@]12C. The van der Waals surface area contributed by atoms with E-state index < -0.39 is 28.4 Å². The molecule has 6 atom stereocenters. The second-order valence-electron chi connectivity index (χ2n) is 19.7. The van der Waals surface area contributed by atoms with Gasteiger partial charge in [0.05, 0.1) is 17.8 Å². The fourth-order valence-electron chi connectivity index (χ4n) is 8.84. The smallest absolute Gasteiger partial charge is 0.414 e. The van der Waals surface area contributed by atoms with E-state index in [1.807, 2.05) is 0 Å². The van der Waals surface area contributed by atoms with Crippen LogP contribution in [-0.4, -0.2) is 34.6 Å². The number of benzene rings is 1. The van der Waals surface area contributed by atoms with Crippen LogP contribution in [0.3, 0.4) is 0 Å². The number of ketones is 1. The normalized spacial score (nSPS) is 28.1. The van der Waals surface area contributed by atoms with E-state index in [4.69, 9.17) is 8.85 Å². The van der Waals surface area contributed by atoms with E-state index in [9.17, 15) is 18.0 Å². The third kappa shape index (κ3) is 10.2. The zero-order chi connectivity index (χ0) is 38.2. The third-order valence-electron chi connectivity index (χ3n) is 13.9. The highest BCUT2D eigenvalue weighted by Crippen LogP contribution is 2.60. The molecule has 0 heterocycles. The molecule has 0 radical (unpaired) electrons. The monoisotopic (exact) mass is 746 g/mol. The second kappa shape index (κ2) is 15.7. The summed E-state index contributed by atoms with van der Waals surface area (Å²) in [7, 11) is -3.87. The van der Waals surface area contributed by atoms with Gasteiger partial charge in [-0.15, -0.1) is 0 Å². The van der Waals surface area contributed by atoms with Crippen molar-refractivity contribution in [3.8, 4) is 0 Å². The lowest BCUT2D eigenvalue weighted by molar-refractivity contribution is -0.137. The summed E-state index contributed by atoms with van der Waals surface area (Å²) in [6, 6.07) is 4.66. The Kier molecular flexibility index (Phi) is 13.0. The van der Waals surface area contributed by atoms with Crippen LogP contribution in [0, 0.1) is 23.2 Å². The molecule has 8 heteroatoms. The van der Waals surface area contributed by atoms with E-state index in [-0.39, 0.29) is 33.5 Å². The van der Waals surface area contributed by atoms with Crippen molar-refractivity contribution in [1.82, 2.24) is 0 Å². The van der Waals surface area contributed by atoms with Gasteiger partial charge in [0.25, 0.3) is 0 Å². The molecule has 3 aliphatic carbocycles. The van der Waals surface area contributed by atoms with Crippen molar-refractivity contribution in [3.63, 3.8) is 0 Å². The van der Waals surface area contributed by atoms with Gasteiger partial charge < -0.3 is 8.85 Å². The number of fused-ring (bicyclic) bond motifs is 1. The van der Waals surface area contributed by atoms with Crippen LogP contribution < -0.4 is 0 Å². The number of allylic oxidation sites excluding steroid dienone is 3. The number of hydrogen-bond donors (Lipinski definition) is 0. The zero-order valence-electron chi connectivity index (χ0n) is 34.0. The van der Waals surface area contributed by atoms with Crippen LogP contribution in [0.4, 0.5) is 13.2 Å². The van der Waals surface area contributed by atoms with Crippen LogP contribution in [0.2, 0.25) is 36.3 Å². The molecule has 288 valence electrons. The van der Waals surface area contributed by atoms with Crippen molar-refractivity contribution < 1.29 is 26.8 Å². The van der Waals surface area contributed by atoms with Crippen molar-refractivity contribution in [3.05, 3.63) is 58.7 Å². The Morgan fingerprint density at radius 2 is 1.45 bits per heavy atom. The maximum atomic E-state index is 13.0. The predicted molar refractivity (Wildman–Crippen MR) is 211 cm³/mol. The van der Waals surface area contributed by atoms with Crippen LogP contribution in [0.1, 0.15) is 142 Å². The molecule has 0 spiro atoms. The molecule has 1 aromatic carbocycles. The van der Waals surface area contributed by atoms with Gasteiger partial charge in [-0.05, 0) is 136 Å². The van der Waals surface area contributed by atoms with Crippen LogP contribution in [0.15, 0.2) is 47.6 Å². The number of rotatable bonds is 11. The summed E-state index contributed by atoms with van der Waals surface area (Å²) in [5, 5.41) is 0.326. The zero-order valence-corrected chi connectivity index (χ0v) is 36.0. The average molecular weight is 747 g/mol. The highest BCUT2D eigenvalue weighted by molar-refractivity contribution is 6.74. The first kappa shape index (κ1) is 42.3. The number of hydrogen-bond acceptors (Lipinski definition) is 3. The first-order valence-corrected chi connectivity index (χ1v) is 25.6. The van der Waals surface area contributed by atoms with Gasteiger partial charge in [-0.3, -0.25) is 4.79 Å². The number of Topliss-reactive ketones (excluding diaryl/α,β-unsaturated/α-hetero) is 1. The molecule has 3 fully saturated rings. The lowest BCUT2D eigenvalue weighted by Crippen LogP contribution is -2.48. The summed E-state index contributed by atoms with van der Waals surface area (Å²) in [4.78, 5) is 12.8. The van der Waals surface area contributed by atoms with Crippen molar-refractivity contribution in [1.29, 1.82) is 0 Å². The van der Waals surface area contributed by atoms with Gasteiger partial charge in [0.2, 0.25) is 0 Å². The van der Waals surface area contributed by atoms with Gasteiger partial charge in [0, 0.05) is 12.0 Å². The molecule has 0 unspecified atom stereocenters. The minimum Gasteiger partial charge on any atom is -0.414 e. The van der Waals surface area contributed by atoms with Crippen LogP contribution in [-0.2, 0) is 15.0 Å². The molecule has 0 aliphatic heterocycles. The molecular weight excluding hydrogens is 678 g/mol. The fraction of sp³-hybridized carbons (Fsp3) is 0.744. The average Bonchev–Trinajstić information content (AvgIpc) is 3.35. The quantitative estimate of drug-likeness (QED) is 0.167. The van der Waals surface area contributed by atoms with E-state index in [0.717, 1.165) is 44.2 Å². The second-order valence-corrected chi connectivity index (χ2v) is 29.2. The van der Waals surface area contributed by atoms with E-state index in [1.165, 1.54) is 49.8 Å². The van der Waals surface area contributed by atoms with E-state index >= 15 is 0 Å². The summed E-state index contributed by atoms with van der Waals surface area (Å²) >= 11 is 0.